The van der Waals surface area contributed by atoms with E-state index in [0.717, 1.165) is 10.4 Å². The Balaban J connectivity index is 1.85. The Bertz CT molecular complexity index is 589. The van der Waals surface area contributed by atoms with Crippen LogP contribution in [0, 0.1) is 6.92 Å². The number of aliphatic hydroxyl groups is 1. The second-order valence-corrected chi connectivity index (χ2v) is 4.81. The molecule has 0 radical (unpaired) electrons. The van der Waals surface area contributed by atoms with Crippen LogP contribution in [-0.4, -0.2) is 21.3 Å². The number of aryl methyl sites for hydroxylation is 1. The van der Waals surface area contributed by atoms with Crippen molar-refractivity contribution >= 4 is 23.3 Å². The molecule has 0 aliphatic rings. The van der Waals surface area contributed by atoms with Gasteiger partial charge in [-0.3, -0.25) is 4.79 Å². The highest BCUT2D eigenvalue weighted by atomic mass is 32.1. The van der Waals surface area contributed by atoms with Crippen LogP contribution in [0.25, 0.3) is 6.08 Å². The topological polar surface area (TPSA) is 88.3 Å². The van der Waals surface area contributed by atoms with Crippen LogP contribution in [0.5, 0.6) is 0 Å². The molecule has 2 rings (SSSR count). The van der Waals surface area contributed by atoms with Gasteiger partial charge in [0.1, 0.15) is 11.4 Å². The molecule has 0 bridgehead atoms. The minimum Gasteiger partial charge on any atom is -0.392 e. The van der Waals surface area contributed by atoms with Gasteiger partial charge in [-0.05, 0) is 30.0 Å². The van der Waals surface area contributed by atoms with E-state index < -0.39 is 0 Å². The van der Waals surface area contributed by atoms with Crippen LogP contribution < -0.4 is 5.32 Å². The predicted molar refractivity (Wildman–Crippen MR) is 70.2 cm³/mol. The first kappa shape index (κ1) is 13.4. The first-order valence-corrected chi connectivity index (χ1v) is 6.49. The molecule has 2 heterocycles. The van der Waals surface area contributed by atoms with E-state index in [4.69, 9.17) is 5.11 Å². The number of aromatic nitrogens is 2. The van der Waals surface area contributed by atoms with Crippen molar-refractivity contribution in [2.75, 3.05) is 0 Å². The molecular formula is C12H13N3O3S. The molecule has 2 aromatic rings. The highest BCUT2D eigenvalue weighted by Gasteiger charge is 2.05. The van der Waals surface area contributed by atoms with E-state index in [9.17, 15) is 4.79 Å². The van der Waals surface area contributed by atoms with Crippen molar-refractivity contribution in [2.24, 2.45) is 0 Å². The summed E-state index contributed by atoms with van der Waals surface area (Å²) in [5.41, 5.74) is 2.12. The fraction of sp³-hybridized carbons (Fsp3) is 0.250. The van der Waals surface area contributed by atoms with Gasteiger partial charge in [-0.25, -0.2) is 4.63 Å². The first-order valence-electron chi connectivity index (χ1n) is 5.61. The number of carbonyl (C=O) groups excluding carboxylic acids is 1. The number of hydrogen-bond acceptors (Lipinski definition) is 6. The number of hydrogen-bond donors (Lipinski definition) is 2. The molecule has 1 amide bonds. The van der Waals surface area contributed by atoms with Crippen molar-refractivity contribution in [1.29, 1.82) is 0 Å². The molecular weight excluding hydrogens is 266 g/mol. The molecule has 100 valence electrons. The summed E-state index contributed by atoms with van der Waals surface area (Å²) in [4.78, 5) is 12.5. The summed E-state index contributed by atoms with van der Waals surface area (Å²) in [5.74, 6) is -0.221. The number of nitrogens with one attached hydrogen (secondary N) is 1. The van der Waals surface area contributed by atoms with Gasteiger partial charge in [0.2, 0.25) is 5.91 Å². The zero-order valence-electron chi connectivity index (χ0n) is 10.3. The molecule has 0 aliphatic carbocycles. The molecule has 19 heavy (non-hydrogen) atoms. The Kier molecular flexibility index (Phi) is 4.43. The highest BCUT2D eigenvalue weighted by molar-refractivity contribution is 7.11. The minimum atomic E-state index is -0.221. The fourth-order valence-electron chi connectivity index (χ4n) is 1.36. The quantitative estimate of drug-likeness (QED) is 0.804. The minimum absolute atomic E-state index is 0.00890. The Morgan fingerprint density at radius 2 is 2.42 bits per heavy atom. The van der Waals surface area contributed by atoms with Crippen molar-refractivity contribution < 1.29 is 14.5 Å². The molecule has 7 heteroatoms. The lowest BCUT2D eigenvalue weighted by molar-refractivity contribution is -0.116. The molecule has 0 saturated carbocycles. The van der Waals surface area contributed by atoms with E-state index in [0.29, 0.717) is 11.4 Å². The lowest BCUT2D eigenvalue weighted by atomic mass is 10.3. The van der Waals surface area contributed by atoms with Crippen molar-refractivity contribution in [3.05, 3.63) is 39.4 Å². The monoisotopic (exact) mass is 279 g/mol. The van der Waals surface area contributed by atoms with E-state index in [-0.39, 0.29) is 19.1 Å². The van der Waals surface area contributed by atoms with Gasteiger partial charge in [0.25, 0.3) is 0 Å². The molecule has 2 aromatic heterocycles. The summed E-state index contributed by atoms with van der Waals surface area (Å²) in [6.07, 6.45) is 3.14. The van der Waals surface area contributed by atoms with Crippen LogP contribution >= 0.6 is 11.3 Å². The first-order chi connectivity index (χ1) is 9.19. The van der Waals surface area contributed by atoms with Crippen LogP contribution in [-0.2, 0) is 17.9 Å². The third kappa shape index (κ3) is 3.73. The Labute approximate surface area is 113 Å². The maximum Gasteiger partial charge on any atom is 0.244 e. The summed E-state index contributed by atoms with van der Waals surface area (Å²) in [5, 5.41) is 20.8. The summed E-state index contributed by atoms with van der Waals surface area (Å²) < 4.78 is 4.53. The predicted octanol–water partition coefficient (Wildman–Crippen LogP) is 1.26. The molecule has 0 saturated heterocycles. The van der Waals surface area contributed by atoms with Gasteiger partial charge in [0.15, 0.2) is 0 Å². The molecule has 0 fully saturated rings. The van der Waals surface area contributed by atoms with Crippen molar-refractivity contribution in [1.82, 2.24) is 15.6 Å². The van der Waals surface area contributed by atoms with Crippen molar-refractivity contribution in [3.8, 4) is 0 Å². The van der Waals surface area contributed by atoms with Crippen LogP contribution in [0.15, 0.2) is 22.2 Å². The highest BCUT2D eigenvalue weighted by Crippen LogP contribution is 2.15. The molecule has 6 nitrogen and oxygen atoms in total. The Hall–Kier alpha value is -1.99. The maximum atomic E-state index is 11.6. The third-order valence-electron chi connectivity index (χ3n) is 2.43. The molecule has 2 N–H and O–H groups in total. The van der Waals surface area contributed by atoms with Crippen molar-refractivity contribution in [2.45, 2.75) is 20.1 Å². The maximum absolute atomic E-state index is 11.6. The van der Waals surface area contributed by atoms with Gasteiger partial charge >= 0.3 is 0 Å². The number of aliphatic hydroxyl groups excluding tert-OH is 1. The molecule has 0 atom stereocenters. The van der Waals surface area contributed by atoms with Gasteiger partial charge in [0, 0.05) is 11.0 Å². The number of rotatable bonds is 5. The number of carbonyl (C=O) groups is 1. The second-order valence-electron chi connectivity index (χ2n) is 3.86. The van der Waals surface area contributed by atoms with Gasteiger partial charge in [-0.15, -0.1) is 11.3 Å². The Morgan fingerprint density at radius 1 is 1.58 bits per heavy atom. The second kappa shape index (κ2) is 6.26. The van der Waals surface area contributed by atoms with Crippen LogP contribution in [0.3, 0.4) is 0 Å². The average Bonchev–Trinajstić information content (AvgIpc) is 3.02. The fourth-order valence-corrected chi connectivity index (χ4v) is 2.16. The molecule has 0 aromatic carbocycles. The zero-order valence-corrected chi connectivity index (χ0v) is 11.1. The number of nitrogens with zero attached hydrogens (tertiary/aromatic N) is 2. The SMILES string of the molecule is Cc1nonc1CNC(=O)/C=C/c1cc(CO)cs1. The third-order valence-corrected chi connectivity index (χ3v) is 3.38. The van der Waals surface area contributed by atoms with E-state index in [1.54, 1.807) is 13.0 Å². The zero-order chi connectivity index (χ0) is 13.7. The summed E-state index contributed by atoms with van der Waals surface area (Å²) in [7, 11) is 0. The lowest BCUT2D eigenvalue weighted by Crippen LogP contribution is -2.20. The largest absolute Gasteiger partial charge is 0.392 e. The molecule has 0 spiro atoms. The number of amides is 1. The molecule has 0 unspecified atom stereocenters. The molecule has 0 aliphatic heterocycles. The van der Waals surface area contributed by atoms with Gasteiger partial charge in [-0.1, -0.05) is 10.3 Å². The van der Waals surface area contributed by atoms with E-state index in [1.165, 1.54) is 17.4 Å². The van der Waals surface area contributed by atoms with Gasteiger partial charge in [-0.2, -0.15) is 0 Å². The van der Waals surface area contributed by atoms with Gasteiger partial charge in [0.05, 0.1) is 13.2 Å². The summed E-state index contributed by atoms with van der Waals surface area (Å²) in [6.45, 7) is 2.05. The smallest absolute Gasteiger partial charge is 0.244 e. The normalized spacial score (nSPS) is 11.1. The summed E-state index contributed by atoms with van der Waals surface area (Å²) in [6, 6.07) is 1.83. The average molecular weight is 279 g/mol. The van der Waals surface area contributed by atoms with Gasteiger partial charge < -0.3 is 10.4 Å². The standard InChI is InChI=1S/C12H13N3O3S/c1-8-11(15-18-14-8)5-13-12(17)3-2-10-4-9(6-16)7-19-10/h2-4,7,16H,5-6H2,1H3,(H,13,17)/b3-2+. The van der Waals surface area contributed by atoms with Crippen LogP contribution in [0.4, 0.5) is 0 Å². The van der Waals surface area contributed by atoms with Crippen LogP contribution in [0.2, 0.25) is 0 Å². The van der Waals surface area contributed by atoms with E-state index >= 15 is 0 Å². The summed E-state index contributed by atoms with van der Waals surface area (Å²) >= 11 is 1.47. The van der Waals surface area contributed by atoms with E-state index in [1.807, 2.05) is 11.4 Å². The van der Waals surface area contributed by atoms with Crippen molar-refractivity contribution in [3.63, 3.8) is 0 Å². The Morgan fingerprint density at radius 3 is 3.05 bits per heavy atom. The van der Waals surface area contributed by atoms with Crippen LogP contribution in [0.1, 0.15) is 21.8 Å². The van der Waals surface area contributed by atoms with E-state index in [2.05, 4.69) is 20.3 Å². The number of thiophene rings is 1. The lowest BCUT2D eigenvalue weighted by Gasteiger charge is -1.97.